The zero-order valence-electron chi connectivity index (χ0n) is 27.7. The number of sulfone groups is 4. The Balaban J connectivity index is 0.000000267. The van der Waals surface area contributed by atoms with E-state index in [0.717, 1.165) is 50.3 Å². The summed E-state index contributed by atoms with van der Waals surface area (Å²) in [4.78, 5) is 26.0. The number of rotatable bonds is 10. The molecule has 2 aliphatic carbocycles. The number of carbonyl (C=O) groups is 2. The Morgan fingerprint density at radius 1 is 0.653 bits per heavy atom. The molecule has 2 aliphatic rings. The van der Waals surface area contributed by atoms with Gasteiger partial charge in [0.05, 0.1) is 30.1 Å². The van der Waals surface area contributed by atoms with Gasteiger partial charge in [-0.2, -0.15) is 4.99 Å². The third-order valence-corrected chi connectivity index (χ3v) is 16.0. The van der Waals surface area contributed by atoms with E-state index in [-0.39, 0.29) is 25.8 Å². The third kappa shape index (κ3) is 9.28. The van der Waals surface area contributed by atoms with E-state index in [1.54, 1.807) is 13.8 Å². The molecule has 2 aromatic carbocycles. The molecule has 49 heavy (non-hydrogen) atoms. The highest BCUT2D eigenvalue weighted by atomic mass is 35.5. The number of aliphatic imine (C=N–C) groups is 1. The normalized spacial score (nSPS) is 16.2. The highest BCUT2D eigenvalue weighted by molar-refractivity contribution is 7.95. The minimum Gasteiger partial charge on any atom is -0.370 e. The number of nitrogens with zero attached hydrogens (tertiary/aromatic N) is 1. The molecule has 0 aliphatic heterocycles. The number of carbonyl (C=O) groups excluding carboxylic acids is 2. The first-order chi connectivity index (χ1) is 22.6. The van der Waals surface area contributed by atoms with Crippen molar-refractivity contribution in [3.8, 4) is 0 Å². The number of guanidine groups is 1. The average molecular weight is 780 g/mol. The number of amides is 1. The summed E-state index contributed by atoms with van der Waals surface area (Å²) in [5, 5.41) is -1.96. The maximum Gasteiger partial charge on any atom is 0.280 e. The number of halogens is 1. The van der Waals surface area contributed by atoms with E-state index in [9.17, 15) is 43.3 Å². The molecule has 272 valence electrons. The number of hydrogen-bond donors (Lipinski definition) is 2. The van der Waals surface area contributed by atoms with Crippen LogP contribution >= 0.6 is 11.6 Å². The van der Waals surface area contributed by atoms with Crippen LogP contribution in [0.2, 0.25) is 0 Å². The Morgan fingerprint density at radius 2 is 1.00 bits per heavy atom. The molecule has 0 spiro atoms. The maximum atomic E-state index is 13.0. The molecule has 0 bridgehead atoms. The van der Waals surface area contributed by atoms with Gasteiger partial charge >= 0.3 is 0 Å². The van der Waals surface area contributed by atoms with Gasteiger partial charge in [0.2, 0.25) is 0 Å². The number of hydrogen-bond acceptors (Lipinski definition) is 10. The summed E-state index contributed by atoms with van der Waals surface area (Å²) < 4.78 is 100. The summed E-state index contributed by atoms with van der Waals surface area (Å²) >= 11 is 5.52. The Bertz CT molecular complexity index is 2100. The Morgan fingerprint density at radius 3 is 1.31 bits per heavy atom. The summed E-state index contributed by atoms with van der Waals surface area (Å²) in [5.74, 6) is -1.27. The lowest BCUT2D eigenvalue weighted by molar-refractivity contribution is 0.100. The largest absolute Gasteiger partial charge is 0.370 e. The van der Waals surface area contributed by atoms with Crippen LogP contribution in [0.1, 0.15) is 97.1 Å². The molecule has 0 aromatic heterocycles. The topological polar surface area (TPSA) is 235 Å². The Hall–Kier alpha value is -2.86. The van der Waals surface area contributed by atoms with Crippen molar-refractivity contribution >= 4 is 68.1 Å². The monoisotopic (exact) mass is 779 g/mol. The minimum atomic E-state index is -3.90. The predicted octanol–water partition coefficient (Wildman–Crippen LogP) is 3.53. The van der Waals surface area contributed by atoms with Crippen LogP contribution in [0.25, 0.3) is 0 Å². The molecule has 2 fully saturated rings. The molecule has 0 unspecified atom stereocenters. The average Bonchev–Trinajstić information content (AvgIpc) is 3.75. The molecule has 2 aromatic rings. The van der Waals surface area contributed by atoms with E-state index in [1.165, 1.54) is 12.1 Å². The zero-order chi connectivity index (χ0) is 37.1. The summed E-state index contributed by atoms with van der Waals surface area (Å²) in [5.41, 5.74) is 11.3. The van der Waals surface area contributed by atoms with Crippen LogP contribution < -0.4 is 11.5 Å². The molecule has 0 radical (unpaired) electrons. The summed E-state index contributed by atoms with van der Waals surface area (Å²) in [6.07, 6.45) is 7.83. The number of benzene rings is 2. The summed E-state index contributed by atoms with van der Waals surface area (Å²) in [6.45, 7) is 3.48. The second-order valence-electron chi connectivity index (χ2n) is 12.2. The molecule has 0 saturated heterocycles. The van der Waals surface area contributed by atoms with Crippen molar-refractivity contribution in [3.05, 3.63) is 46.5 Å². The number of nitrogens with two attached hydrogens (primary N) is 2. The van der Waals surface area contributed by atoms with Crippen molar-refractivity contribution in [2.45, 2.75) is 108 Å². The van der Waals surface area contributed by atoms with Gasteiger partial charge in [0, 0.05) is 23.6 Å². The second-order valence-corrected chi connectivity index (χ2v) is 20.9. The van der Waals surface area contributed by atoms with Crippen molar-refractivity contribution in [2.24, 2.45) is 16.5 Å². The lowest BCUT2D eigenvalue weighted by Gasteiger charge is -2.17. The van der Waals surface area contributed by atoms with E-state index in [0.29, 0.717) is 49.7 Å². The highest BCUT2D eigenvalue weighted by Crippen LogP contribution is 2.36. The van der Waals surface area contributed by atoms with Gasteiger partial charge in [-0.1, -0.05) is 39.5 Å². The van der Waals surface area contributed by atoms with E-state index in [4.69, 9.17) is 23.1 Å². The Kier molecular flexibility index (Phi) is 12.9. The van der Waals surface area contributed by atoms with Crippen molar-refractivity contribution in [1.82, 2.24) is 0 Å². The third-order valence-electron chi connectivity index (χ3n) is 8.67. The Labute approximate surface area is 293 Å². The molecule has 2 saturated carbocycles. The van der Waals surface area contributed by atoms with Crippen molar-refractivity contribution in [2.75, 3.05) is 12.5 Å². The molecule has 18 heteroatoms. The van der Waals surface area contributed by atoms with Crippen LogP contribution in [0.5, 0.6) is 0 Å². The lowest BCUT2D eigenvalue weighted by atomic mass is 10.0. The van der Waals surface area contributed by atoms with Gasteiger partial charge in [-0.25, -0.2) is 33.7 Å². The van der Waals surface area contributed by atoms with Crippen LogP contribution in [-0.2, 0) is 52.2 Å². The molecule has 4 rings (SSSR count). The van der Waals surface area contributed by atoms with Gasteiger partial charge in [0.1, 0.15) is 0 Å². The SMILES string of the molecule is CCc1cc(S(=O)(=O)C2CCCC2)c(S(C)(=O)=O)cc1C(=O)Cl.CCc1cc(S(=O)(=O)C2CCCC2)c(S(C)(=O)=O)cc1C(=O)N=C(N)N. The van der Waals surface area contributed by atoms with Gasteiger partial charge in [-0.15, -0.1) is 0 Å². The quantitative estimate of drug-likeness (QED) is 0.200. The molecule has 0 atom stereocenters. The maximum absolute atomic E-state index is 13.0. The smallest absolute Gasteiger partial charge is 0.280 e. The summed E-state index contributed by atoms with van der Waals surface area (Å²) in [7, 11) is -15.3. The molecule has 1 amide bonds. The zero-order valence-corrected chi connectivity index (χ0v) is 31.8. The van der Waals surface area contributed by atoms with Gasteiger partial charge in [0.25, 0.3) is 11.1 Å². The van der Waals surface area contributed by atoms with Crippen molar-refractivity contribution in [1.29, 1.82) is 0 Å². The van der Waals surface area contributed by atoms with Crippen LogP contribution in [0.15, 0.2) is 48.8 Å². The van der Waals surface area contributed by atoms with Gasteiger partial charge in [0.15, 0.2) is 45.3 Å². The van der Waals surface area contributed by atoms with Crippen LogP contribution in [0.4, 0.5) is 0 Å². The molecular formula is C31H42ClN3O10S4. The first-order valence-electron chi connectivity index (χ1n) is 15.6. The predicted molar refractivity (Wildman–Crippen MR) is 187 cm³/mol. The number of aryl methyl sites for hydroxylation is 2. The fourth-order valence-corrected chi connectivity index (χ4v) is 13.3. The molecule has 4 N–H and O–H groups in total. The van der Waals surface area contributed by atoms with Crippen LogP contribution in [0.3, 0.4) is 0 Å². The van der Waals surface area contributed by atoms with E-state index >= 15 is 0 Å². The van der Waals surface area contributed by atoms with Crippen LogP contribution in [-0.4, -0.2) is 73.8 Å². The molecule has 13 nitrogen and oxygen atoms in total. The van der Waals surface area contributed by atoms with E-state index < -0.39 is 71.9 Å². The summed E-state index contributed by atoms with van der Waals surface area (Å²) in [6, 6.07) is 4.76. The van der Waals surface area contributed by atoms with Crippen molar-refractivity contribution in [3.63, 3.8) is 0 Å². The fraction of sp³-hybridized carbons (Fsp3) is 0.516. The highest BCUT2D eigenvalue weighted by Gasteiger charge is 2.36. The van der Waals surface area contributed by atoms with E-state index in [2.05, 4.69) is 4.99 Å². The second kappa shape index (κ2) is 15.6. The van der Waals surface area contributed by atoms with E-state index in [1.807, 2.05) is 0 Å². The first kappa shape index (κ1) is 40.6. The minimum absolute atomic E-state index is 0.0216. The molecular weight excluding hydrogens is 738 g/mol. The molecule has 0 heterocycles. The standard InChI is InChI=1S/C16H23N3O5S2.C15H19ClO5S2/c1-3-10-8-14(26(23,24)11-6-4-5-7-11)13(25(2,21)22)9-12(10)15(20)19-16(17)18;1-3-10-8-14(23(20,21)11-6-4-5-7-11)13(22(2,18)19)9-12(10)15(16)17/h8-9,11H,3-7H2,1-2H3,(H4,17,18,19,20);8-9,11H,3-7H2,1-2H3. The lowest BCUT2D eigenvalue weighted by Crippen LogP contribution is -2.25. The van der Waals surface area contributed by atoms with Gasteiger partial charge in [-0.05, 0) is 85.5 Å². The van der Waals surface area contributed by atoms with Gasteiger partial charge in [-0.3, -0.25) is 9.59 Å². The van der Waals surface area contributed by atoms with Crippen LogP contribution in [0, 0.1) is 0 Å². The fourth-order valence-electron chi connectivity index (χ4n) is 6.13. The van der Waals surface area contributed by atoms with Crippen molar-refractivity contribution < 1.29 is 43.3 Å². The first-order valence-corrected chi connectivity index (χ1v) is 22.9. The van der Waals surface area contributed by atoms with Gasteiger partial charge < -0.3 is 11.5 Å².